The smallest absolute Gasteiger partial charge is 0.354 e. The highest BCUT2D eigenvalue weighted by molar-refractivity contribution is 5.96. The first kappa shape index (κ1) is 15.1. The van der Waals surface area contributed by atoms with E-state index in [1.807, 2.05) is 19.2 Å². The van der Waals surface area contributed by atoms with Crippen LogP contribution < -0.4 is 10.2 Å². The number of hydrogen-bond donors (Lipinski definition) is 2. The highest BCUT2D eigenvalue weighted by Gasteiger charge is 2.20. The molecule has 3 rings (SSSR count). The molecule has 0 radical (unpaired) electrons. The fourth-order valence-electron chi connectivity index (χ4n) is 2.74. The average molecular weight is 313 g/mol. The normalized spacial score (nSPS) is 13.7. The molecule has 0 saturated carbocycles. The maximum atomic E-state index is 11.7. The van der Waals surface area contributed by atoms with Gasteiger partial charge < -0.3 is 19.9 Å². The van der Waals surface area contributed by atoms with Crippen LogP contribution in [0.1, 0.15) is 28.0 Å². The van der Waals surface area contributed by atoms with Gasteiger partial charge in [-0.15, -0.1) is 0 Å². The van der Waals surface area contributed by atoms with E-state index in [0.29, 0.717) is 18.7 Å². The van der Waals surface area contributed by atoms with Gasteiger partial charge in [0, 0.05) is 37.6 Å². The van der Waals surface area contributed by atoms with Gasteiger partial charge in [-0.2, -0.15) is 0 Å². The molecule has 6 heteroatoms. The lowest BCUT2D eigenvalue weighted by molar-refractivity contribution is -0.118. The number of H-pyrrole nitrogens is 1. The molecule has 0 fully saturated rings. The van der Waals surface area contributed by atoms with Crippen LogP contribution in [-0.4, -0.2) is 31.0 Å². The average Bonchev–Trinajstić information content (AvgIpc) is 3.04. The van der Waals surface area contributed by atoms with E-state index in [9.17, 15) is 9.59 Å². The Bertz CT molecular complexity index is 751. The minimum absolute atomic E-state index is 0.154. The maximum Gasteiger partial charge on any atom is 0.354 e. The summed E-state index contributed by atoms with van der Waals surface area (Å²) in [6, 6.07) is 7.77. The third-order valence-corrected chi connectivity index (χ3v) is 4.07. The van der Waals surface area contributed by atoms with Gasteiger partial charge in [0.15, 0.2) is 0 Å². The van der Waals surface area contributed by atoms with Crippen molar-refractivity contribution in [1.82, 2.24) is 4.98 Å². The van der Waals surface area contributed by atoms with Crippen molar-refractivity contribution in [2.75, 3.05) is 24.4 Å². The number of nitrogens with one attached hydrogen (secondary N) is 2. The molecule has 1 aliphatic rings. The summed E-state index contributed by atoms with van der Waals surface area (Å²) in [6.07, 6.45) is 3.10. The van der Waals surface area contributed by atoms with Crippen molar-refractivity contribution < 1.29 is 14.3 Å². The van der Waals surface area contributed by atoms with E-state index >= 15 is 0 Å². The second kappa shape index (κ2) is 6.16. The van der Waals surface area contributed by atoms with Crippen LogP contribution >= 0.6 is 0 Å². The van der Waals surface area contributed by atoms with Crippen molar-refractivity contribution in [3.8, 4) is 0 Å². The molecule has 2 N–H and O–H groups in total. The van der Waals surface area contributed by atoms with Crippen molar-refractivity contribution in [3.63, 3.8) is 0 Å². The Kier molecular flexibility index (Phi) is 4.06. The molecule has 1 aliphatic heterocycles. The van der Waals surface area contributed by atoms with Crippen LogP contribution in [0, 0.1) is 0 Å². The summed E-state index contributed by atoms with van der Waals surface area (Å²) in [5.74, 6) is -0.224. The summed E-state index contributed by atoms with van der Waals surface area (Å²) in [7, 11) is 3.16. The minimum atomic E-state index is -0.377. The Hall–Kier alpha value is -2.76. The summed E-state index contributed by atoms with van der Waals surface area (Å²) in [5.41, 5.74) is 4.54. The van der Waals surface area contributed by atoms with Gasteiger partial charge in [0.25, 0.3) is 0 Å². The number of aromatic amines is 1. The van der Waals surface area contributed by atoms with Crippen LogP contribution in [0.5, 0.6) is 0 Å². The van der Waals surface area contributed by atoms with Gasteiger partial charge in [-0.25, -0.2) is 4.79 Å². The number of nitrogens with zero attached hydrogens (tertiary/aromatic N) is 1. The van der Waals surface area contributed by atoms with E-state index in [2.05, 4.69) is 21.1 Å². The predicted octanol–water partition coefficient (Wildman–Crippen LogP) is 2.32. The zero-order chi connectivity index (χ0) is 16.4. The number of fused-ring (bicyclic) bond motifs is 1. The van der Waals surface area contributed by atoms with Gasteiger partial charge in [0.1, 0.15) is 5.69 Å². The highest BCUT2D eigenvalue weighted by atomic mass is 16.5. The third-order valence-electron chi connectivity index (χ3n) is 4.07. The zero-order valence-corrected chi connectivity index (χ0v) is 13.2. The molecule has 1 aromatic heterocycles. The second-order valence-electron chi connectivity index (χ2n) is 5.56. The monoisotopic (exact) mass is 313 g/mol. The topological polar surface area (TPSA) is 74.4 Å². The molecule has 2 aromatic rings. The molecule has 0 unspecified atom stereocenters. The van der Waals surface area contributed by atoms with Crippen molar-refractivity contribution in [3.05, 3.63) is 47.3 Å². The molecule has 120 valence electrons. The molecule has 1 amide bonds. The lowest BCUT2D eigenvalue weighted by atomic mass is 10.0. The van der Waals surface area contributed by atoms with Crippen LogP contribution in [0.3, 0.4) is 0 Å². The largest absolute Gasteiger partial charge is 0.464 e. The molecule has 0 atom stereocenters. The number of hydrogen-bond acceptors (Lipinski definition) is 4. The van der Waals surface area contributed by atoms with Gasteiger partial charge in [-0.3, -0.25) is 4.79 Å². The Morgan fingerprint density at radius 1 is 1.35 bits per heavy atom. The van der Waals surface area contributed by atoms with E-state index in [1.54, 1.807) is 17.2 Å². The number of benzene rings is 1. The molecule has 2 heterocycles. The number of amides is 1. The number of rotatable bonds is 4. The fraction of sp³-hybridized carbons (Fsp3) is 0.294. The number of ether oxygens (including phenoxy) is 1. The number of carbonyl (C=O) groups excluding carboxylic acids is 2. The van der Waals surface area contributed by atoms with Gasteiger partial charge in [0.05, 0.1) is 7.11 Å². The highest BCUT2D eigenvalue weighted by Crippen LogP contribution is 2.29. The predicted molar refractivity (Wildman–Crippen MR) is 87.6 cm³/mol. The molecule has 0 saturated heterocycles. The van der Waals surface area contributed by atoms with Crippen LogP contribution in [-0.2, 0) is 22.5 Å². The summed E-state index contributed by atoms with van der Waals surface area (Å²) in [6.45, 7) is 0.598. The van der Waals surface area contributed by atoms with E-state index in [1.165, 1.54) is 12.7 Å². The maximum absolute atomic E-state index is 11.7. The van der Waals surface area contributed by atoms with E-state index in [0.717, 1.165) is 23.4 Å². The number of anilines is 2. The quantitative estimate of drug-likeness (QED) is 0.850. The number of methoxy groups -OCH3 is 1. The van der Waals surface area contributed by atoms with Crippen LogP contribution in [0.2, 0.25) is 0 Å². The fourth-order valence-corrected chi connectivity index (χ4v) is 2.74. The first-order valence-electron chi connectivity index (χ1n) is 7.47. The standard InChI is InChI=1S/C17H19N3O3/c1-20-15-5-4-13(8-12(15)3-6-16(20)21)18-9-11-7-14(19-10-11)17(22)23-2/h4-5,7-8,10,18-19H,3,6,9H2,1-2H3. The summed E-state index contributed by atoms with van der Waals surface area (Å²) in [5, 5.41) is 3.33. The molecule has 0 spiro atoms. The lowest BCUT2D eigenvalue weighted by Crippen LogP contribution is -2.31. The van der Waals surface area contributed by atoms with Crippen molar-refractivity contribution in [1.29, 1.82) is 0 Å². The molecule has 23 heavy (non-hydrogen) atoms. The lowest BCUT2D eigenvalue weighted by Gasteiger charge is -2.26. The first-order chi connectivity index (χ1) is 11.1. The minimum Gasteiger partial charge on any atom is -0.464 e. The molecule has 6 nitrogen and oxygen atoms in total. The molecule has 1 aromatic carbocycles. The van der Waals surface area contributed by atoms with Crippen molar-refractivity contribution >= 4 is 23.3 Å². The summed E-state index contributed by atoms with van der Waals surface area (Å²) < 4.78 is 4.67. The number of esters is 1. The van der Waals surface area contributed by atoms with Crippen LogP contribution in [0.25, 0.3) is 0 Å². The zero-order valence-electron chi connectivity index (χ0n) is 13.2. The van der Waals surface area contributed by atoms with Crippen molar-refractivity contribution in [2.45, 2.75) is 19.4 Å². The Morgan fingerprint density at radius 3 is 2.96 bits per heavy atom. The van der Waals surface area contributed by atoms with Gasteiger partial charge in [-0.1, -0.05) is 0 Å². The Morgan fingerprint density at radius 2 is 2.17 bits per heavy atom. The van der Waals surface area contributed by atoms with Gasteiger partial charge >= 0.3 is 5.97 Å². The second-order valence-corrected chi connectivity index (χ2v) is 5.56. The Balaban J connectivity index is 1.68. The molecule has 0 aliphatic carbocycles. The summed E-state index contributed by atoms with van der Waals surface area (Å²) >= 11 is 0. The van der Waals surface area contributed by atoms with Crippen molar-refractivity contribution in [2.24, 2.45) is 0 Å². The SMILES string of the molecule is COC(=O)c1cc(CNc2ccc3c(c2)CCC(=O)N3C)c[nH]1. The molecular weight excluding hydrogens is 294 g/mol. The van der Waals surface area contributed by atoms with Crippen LogP contribution in [0.4, 0.5) is 11.4 Å². The van der Waals surface area contributed by atoms with E-state index in [4.69, 9.17) is 0 Å². The van der Waals surface area contributed by atoms with Gasteiger partial charge in [-0.05, 0) is 41.8 Å². The third kappa shape index (κ3) is 3.06. The Labute approximate surface area is 134 Å². The number of carbonyl (C=O) groups is 2. The molecule has 0 bridgehead atoms. The number of aryl methyl sites for hydroxylation is 1. The summed E-state index contributed by atoms with van der Waals surface area (Å²) in [4.78, 5) is 27.7. The van der Waals surface area contributed by atoms with E-state index < -0.39 is 0 Å². The van der Waals surface area contributed by atoms with E-state index in [-0.39, 0.29) is 11.9 Å². The molecular formula is C17H19N3O3. The van der Waals surface area contributed by atoms with Crippen LogP contribution in [0.15, 0.2) is 30.5 Å². The number of aromatic nitrogens is 1. The first-order valence-corrected chi connectivity index (χ1v) is 7.47. The van der Waals surface area contributed by atoms with Gasteiger partial charge in [0.2, 0.25) is 5.91 Å².